The van der Waals surface area contributed by atoms with Crippen molar-refractivity contribution in [3.05, 3.63) is 29.8 Å². The Kier molecular flexibility index (Phi) is 9.94. The molecule has 0 aliphatic rings. The highest BCUT2D eigenvalue weighted by Crippen LogP contribution is 2.11. The number of hydrogen-bond donors (Lipinski definition) is 2. The molecule has 0 saturated heterocycles. The quantitative estimate of drug-likeness (QED) is 0.891. The maximum absolute atomic E-state index is 11.4. The number of nitrogens with two attached hydrogens (primary N) is 1. The maximum atomic E-state index is 11.4. The van der Waals surface area contributed by atoms with Crippen LogP contribution in [0.5, 0.6) is 0 Å². The molecule has 0 aliphatic heterocycles. The summed E-state index contributed by atoms with van der Waals surface area (Å²) in [7, 11) is 4.01. The van der Waals surface area contributed by atoms with Crippen molar-refractivity contribution in [2.75, 3.05) is 19.4 Å². The molecule has 0 saturated carbocycles. The molecule has 1 aromatic carbocycles. The monoisotopic (exact) mass is 293 g/mol. The zero-order chi connectivity index (χ0) is 12.1. The number of nitrogens with one attached hydrogen (secondary N) is 1. The van der Waals surface area contributed by atoms with Crippen molar-refractivity contribution in [1.82, 2.24) is 4.90 Å². The molecule has 0 heterocycles. The van der Waals surface area contributed by atoms with Crippen molar-refractivity contribution in [3.63, 3.8) is 0 Å². The van der Waals surface area contributed by atoms with Gasteiger partial charge in [-0.05, 0) is 38.7 Å². The van der Waals surface area contributed by atoms with E-state index >= 15 is 0 Å². The number of carbonyl (C=O) groups excluding carboxylic acids is 1. The van der Waals surface area contributed by atoms with Crippen LogP contribution in [0.25, 0.3) is 0 Å². The second-order valence-corrected chi connectivity index (χ2v) is 4.22. The van der Waals surface area contributed by atoms with E-state index in [1.54, 1.807) is 6.92 Å². The third-order valence-electron chi connectivity index (χ3n) is 2.11. The fourth-order valence-corrected chi connectivity index (χ4v) is 1.37. The summed E-state index contributed by atoms with van der Waals surface area (Å²) in [6.45, 7) is 2.51. The first-order valence-electron chi connectivity index (χ1n) is 5.29. The molecule has 1 aromatic rings. The summed E-state index contributed by atoms with van der Waals surface area (Å²) in [4.78, 5) is 13.5. The molecule has 1 unspecified atom stereocenters. The highest BCUT2D eigenvalue weighted by atomic mass is 35.5. The summed E-state index contributed by atoms with van der Waals surface area (Å²) >= 11 is 0. The van der Waals surface area contributed by atoms with Gasteiger partial charge in [-0.25, -0.2) is 0 Å². The van der Waals surface area contributed by atoms with Crippen LogP contribution in [0.4, 0.5) is 5.69 Å². The van der Waals surface area contributed by atoms with E-state index in [2.05, 4.69) is 10.2 Å². The summed E-state index contributed by atoms with van der Waals surface area (Å²) in [6, 6.07) is 7.29. The average molecular weight is 294 g/mol. The molecule has 0 aliphatic carbocycles. The Bertz CT molecular complexity index is 370. The summed E-state index contributed by atoms with van der Waals surface area (Å²) < 4.78 is 0. The Labute approximate surface area is 121 Å². The third-order valence-corrected chi connectivity index (χ3v) is 2.11. The molecule has 0 radical (unpaired) electrons. The fourth-order valence-electron chi connectivity index (χ4n) is 1.37. The second kappa shape index (κ2) is 9.16. The van der Waals surface area contributed by atoms with Gasteiger partial charge in [0.05, 0.1) is 6.04 Å². The van der Waals surface area contributed by atoms with Crippen molar-refractivity contribution in [1.29, 1.82) is 0 Å². The number of hydrogen-bond acceptors (Lipinski definition) is 3. The summed E-state index contributed by atoms with van der Waals surface area (Å²) in [5.74, 6) is -0.165. The molecule has 104 valence electrons. The van der Waals surface area contributed by atoms with Crippen LogP contribution in [0.3, 0.4) is 0 Å². The number of amides is 1. The lowest BCUT2D eigenvalue weighted by Crippen LogP contribution is -2.32. The van der Waals surface area contributed by atoms with Gasteiger partial charge in [-0.2, -0.15) is 0 Å². The molecule has 0 bridgehead atoms. The van der Waals surface area contributed by atoms with Gasteiger partial charge in [0.2, 0.25) is 5.91 Å². The first-order valence-corrected chi connectivity index (χ1v) is 5.29. The SMILES string of the molecule is CC(N)C(=O)Nc1cccc(CN(C)C)c1.Cl.Cl. The van der Waals surface area contributed by atoms with Gasteiger partial charge in [-0.3, -0.25) is 4.79 Å². The minimum Gasteiger partial charge on any atom is -0.325 e. The van der Waals surface area contributed by atoms with Crippen LogP contribution in [0.2, 0.25) is 0 Å². The van der Waals surface area contributed by atoms with Gasteiger partial charge in [0.1, 0.15) is 0 Å². The van der Waals surface area contributed by atoms with Crippen molar-refractivity contribution in [2.45, 2.75) is 19.5 Å². The topological polar surface area (TPSA) is 58.4 Å². The van der Waals surface area contributed by atoms with Gasteiger partial charge in [0.25, 0.3) is 0 Å². The van der Waals surface area contributed by atoms with Crippen molar-refractivity contribution >= 4 is 36.4 Å². The maximum Gasteiger partial charge on any atom is 0.240 e. The van der Waals surface area contributed by atoms with E-state index in [-0.39, 0.29) is 30.7 Å². The van der Waals surface area contributed by atoms with Crippen LogP contribution in [0.15, 0.2) is 24.3 Å². The van der Waals surface area contributed by atoms with E-state index < -0.39 is 6.04 Å². The van der Waals surface area contributed by atoms with E-state index in [0.29, 0.717) is 0 Å². The van der Waals surface area contributed by atoms with Gasteiger partial charge in [0, 0.05) is 12.2 Å². The Morgan fingerprint density at radius 2 is 2.00 bits per heavy atom. The molecule has 1 rings (SSSR count). The average Bonchev–Trinajstić information content (AvgIpc) is 2.16. The van der Waals surface area contributed by atoms with Gasteiger partial charge in [-0.1, -0.05) is 12.1 Å². The minimum atomic E-state index is -0.488. The lowest BCUT2D eigenvalue weighted by Gasteiger charge is -2.12. The molecule has 6 heteroatoms. The molecule has 1 amide bonds. The summed E-state index contributed by atoms with van der Waals surface area (Å²) in [6.07, 6.45) is 0. The molecule has 0 fully saturated rings. The van der Waals surface area contributed by atoms with E-state index in [0.717, 1.165) is 17.8 Å². The fraction of sp³-hybridized carbons (Fsp3) is 0.417. The van der Waals surface area contributed by atoms with Gasteiger partial charge in [-0.15, -0.1) is 24.8 Å². The lowest BCUT2D eigenvalue weighted by atomic mass is 10.2. The number of benzene rings is 1. The van der Waals surface area contributed by atoms with Crippen LogP contribution < -0.4 is 11.1 Å². The molecule has 0 aromatic heterocycles. The predicted molar refractivity (Wildman–Crippen MR) is 80.6 cm³/mol. The number of halogens is 2. The van der Waals surface area contributed by atoms with Crippen molar-refractivity contribution in [3.8, 4) is 0 Å². The molecular formula is C12H21Cl2N3O. The highest BCUT2D eigenvalue weighted by molar-refractivity contribution is 5.94. The molecule has 18 heavy (non-hydrogen) atoms. The van der Waals surface area contributed by atoms with Gasteiger partial charge < -0.3 is 16.0 Å². The van der Waals surface area contributed by atoms with Crippen LogP contribution >= 0.6 is 24.8 Å². The van der Waals surface area contributed by atoms with E-state index in [4.69, 9.17) is 5.73 Å². The smallest absolute Gasteiger partial charge is 0.240 e. The zero-order valence-electron chi connectivity index (χ0n) is 10.8. The highest BCUT2D eigenvalue weighted by Gasteiger charge is 2.07. The Hall–Kier alpha value is -0.810. The number of rotatable bonds is 4. The van der Waals surface area contributed by atoms with Crippen LogP contribution in [0.1, 0.15) is 12.5 Å². The molecule has 3 N–H and O–H groups in total. The Morgan fingerprint density at radius 1 is 1.39 bits per heavy atom. The first-order chi connectivity index (χ1) is 7.49. The molecule has 1 atom stereocenters. The minimum absolute atomic E-state index is 0. The van der Waals surface area contributed by atoms with Crippen molar-refractivity contribution < 1.29 is 4.79 Å². The Morgan fingerprint density at radius 3 is 2.50 bits per heavy atom. The largest absolute Gasteiger partial charge is 0.325 e. The van der Waals surface area contributed by atoms with Crippen LogP contribution in [0, 0.1) is 0 Å². The third kappa shape index (κ3) is 6.81. The molecular weight excluding hydrogens is 273 g/mol. The van der Waals surface area contributed by atoms with Crippen LogP contribution in [-0.2, 0) is 11.3 Å². The standard InChI is InChI=1S/C12H19N3O.2ClH/c1-9(13)12(16)14-11-6-4-5-10(7-11)8-15(2)3;;/h4-7,9H,8,13H2,1-3H3,(H,14,16);2*1H. The van der Waals surface area contributed by atoms with E-state index in [1.807, 2.05) is 38.4 Å². The molecule has 0 spiro atoms. The zero-order valence-corrected chi connectivity index (χ0v) is 12.5. The number of carbonyl (C=O) groups is 1. The Balaban J connectivity index is 0. The van der Waals surface area contributed by atoms with E-state index in [1.165, 1.54) is 0 Å². The number of nitrogens with zero attached hydrogens (tertiary/aromatic N) is 1. The normalized spacial score (nSPS) is 11.2. The van der Waals surface area contributed by atoms with E-state index in [9.17, 15) is 4.79 Å². The van der Waals surface area contributed by atoms with Gasteiger partial charge in [0.15, 0.2) is 0 Å². The van der Waals surface area contributed by atoms with Crippen LogP contribution in [-0.4, -0.2) is 30.9 Å². The summed E-state index contributed by atoms with van der Waals surface area (Å²) in [5, 5.41) is 2.77. The second-order valence-electron chi connectivity index (χ2n) is 4.22. The predicted octanol–water partition coefficient (Wildman–Crippen LogP) is 1.88. The van der Waals surface area contributed by atoms with Crippen molar-refractivity contribution in [2.24, 2.45) is 5.73 Å². The lowest BCUT2D eigenvalue weighted by molar-refractivity contribution is -0.117. The first kappa shape index (κ1) is 19.5. The molecule has 4 nitrogen and oxygen atoms in total. The van der Waals surface area contributed by atoms with Gasteiger partial charge >= 0.3 is 0 Å². The summed E-state index contributed by atoms with van der Waals surface area (Å²) in [5.41, 5.74) is 7.44. The number of anilines is 1.